The molecule has 172 valence electrons. The molecule has 1 aliphatic heterocycles. The molecule has 0 bridgehead atoms. The fourth-order valence-electron chi connectivity index (χ4n) is 3.57. The predicted molar refractivity (Wildman–Crippen MR) is 130 cm³/mol. The van der Waals surface area contributed by atoms with E-state index in [1.807, 2.05) is 44.2 Å². The molecular weight excluding hydrogens is 433 g/mol. The summed E-state index contributed by atoms with van der Waals surface area (Å²) in [6, 6.07) is 24.3. The second kappa shape index (κ2) is 9.70. The van der Waals surface area contributed by atoms with E-state index in [1.165, 1.54) is 12.1 Å². The highest BCUT2D eigenvalue weighted by molar-refractivity contribution is 6.08. The largest absolute Gasteiger partial charge is 0.441 e. The van der Waals surface area contributed by atoms with Gasteiger partial charge in [-0.1, -0.05) is 36.4 Å². The van der Waals surface area contributed by atoms with E-state index >= 15 is 0 Å². The first-order valence-corrected chi connectivity index (χ1v) is 10.8. The zero-order valence-corrected chi connectivity index (χ0v) is 18.9. The third-order valence-corrected chi connectivity index (χ3v) is 5.18. The number of para-hydroxylation sites is 1. The second-order valence-corrected chi connectivity index (χ2v) is 8.39. The number of carbonyl (C=O) groups is 2. The average Bonchev–Trinajstić information content (AvgIpc) is 3.12. The van der Waals surface area contributed by atoms with Gasteiger partial charge in [0.05, 0.1) is 17.7 Å². The Kier molecular flexibility index (Phi) is 6.54. The topological polar surface area (TPSA) is 71.5 Å². The van der Waals surface area contributed by atoms with Crippen LogP contribution in [0, 0.1) is 5.82 Å². The number of ether oxygens (including phenoxy) is 1. The molecule has 1 N–H and O–H groups in total. The minimum Gasteiger partial charge on any atom is -0.441 e. The Morgan fingerprint density at radius 2 is 1.68 bits per heavy atom. The number of nitrogens with one attached hydrogen (secondary N) is 1. The van der Waals surface area contributed by atoms with E-state index in [0.717, 1.165) is 10.9 Å². The van der Waals surface area contributed by atoms with Crippen molar-refractivity contribution in [1.82, 2.24) is 4.98 Å². The Labute approximate surface area is 197 Å². The Bertz CT molecular complexity index is 1300. The Hall–Kier alpha value is -4.26. The van der Waals surface area contributed by atoms with Crippen LogP contribution < -0.4 is 10.2 Å². The summed E-state index contributed by atoms with van der Waals surface area (Å²) < 4.78 is 17.2. The van der Waals surface area contributed by atoms with Crippen LogP contribution in [0.15, 0.2) is 91.1 Å². The highest BCUT2D eigenvalue weighted by atomic mass is 19.1. The molecule has 1 saturated heterocycles. The number of hydrogen-bond acceptors (Lipinski definition) is 4. The molecule has 1 fully saturated rings. The number of amides is 2. The molecule has 2 amide bonds. The van der Waals surface area contributed by atoms with Crippen LogP contribution in [-0.4, -0.2) is 29.1 Å². The van der Waals surface area contributed by atoms with Crippen LogP contribution >= 0.6 is 0 Å². The van der Waals surface area contributed by atoms with E-state index in [-0.39, 0.29) is 17.8 Å². The molecule has 6 nitrogen and oxygen atoms in total. The Balaban J connectivity index is 0.000000336. The van der Waals surface area contributed by atoms with E-state index in [1.54, 1.807) is 53.6 Å². The van der Waals surface area contributed by atoms with Crippen molar-refractivity contribution in [1.29, 1.82) is 0 Å². The van der Waals surface area contributed by atoms with Gasteiger partial charge < -0.3 is 10.1 Å². The zero-order valence-electron chi connectivity index (χ0n) is 18.9. The Morgan fingerprint density at radius 3 is 2.29 bits per heavy atom. The van der Waals surface area contributed by atoms with Crippen LogP contribution in [0.2, 0.25) is 0 Å². The van der Waals surface area contributed by atoms with Gasteiger partial charge in [-0.2, -0.15) is 0 Å². The molecule has 2 heterocycles. The number of aromatic nitrogens is 1. The normalized spacial score (nSPS) is 14.2. The Morgan fingerprint density at radius 1 is 0.971 bits per heavy atom. The van der Waals surface area contributed by atoms with Crippen molar-refractivity contribution in [3.8, 4) is 0 Å². The molecule has 0 aliphatic carbocycles. The summed E-state index contributed by atoms with van der Waals surface area (Å²) >= 11 is 0. The number of anilines is 2. The van der Waals surface area contributed by atoms with E-state index < -0.39 is 5.60 Å². The smallest absolute Gasteiger partial charge is 0.415 e. The molecular formula is C27H24FN3O3. The van der Waals surface area contributed by atoms with E-state index in [4.69, 9.17) is 4.74 Å². The lowest BCUT2D eigenvalue weighted by Gasteiger charge is -2.16. The van der Waals surface area contributed by atoms with Gasteiger partial charge in [0.15, 0.2) is 0 Å². The number of benzene rings is 3. The molecule has 34 heavy (non-hydrogen) atoms. The molecule has 4 aromatic rings. The second-order valence-electron chi connectivity index (χ2n) is 8.39. The lowest BCUT2D eigenvalue weighted by Crippen LogP contribution is -2.28. The summed E-state index contributed by atoms with van der Waals surface area (Å²) in [4.78, 5) is 30.5. The van der Waals surface area contributed by atoms with Gasteiger partial charge in [0.25, 0.3) is 5.91 Å². The summed E-state index contributed by atoms with van der Waals surface area (Å²) in [7, 11) is 0. The third-order valence-electron chi connectivity index (χ3n) is 5.18. The molecule has 0 radical (unpaired) electrons. The lowest BCUT2D eigenvalue weighted by molar-refractivity contribution is 0.0870. The van der Waals surface area contributed by atoms with E-state index in [9.17, 15) is 14.0 Å². The minimum atomic E-state index is -0.519. The molecule has 7 heteroatoms. The van der Waals surface area contributed by atoms with Gasteiger partial charge >= 0.3 is 6.09 Å². The van der Waals surface area contributed by atoms with E-state index in [2.05, 4.69) is 10.3 Å². The van der Waals surface area contributed by atoms with Crippen molar-refractivity contribution in [2.75, 3.05) is 16.8 Å². The van der Waals surface area contributed by atoms with Crippen LogP contribution in [0.5, 0.6) is 0 Å². The zero-order chi connectivity index (χ0) is 24.1. The SMILES string of the molecule is CC1(C)CN(c2ccc(C(=O)Nc3cccc4cccnc34)cc2)C(=O)O1.Fc1ccccc1. The van der Waals surface area contributed by atoms with Crippen LogP contribution in [-0.2, 0) is 4.74 Å². The fourth-order valence-corrected chi connectivity index (χ4v) is 3.57. The van der Waals surface area contributed by atoms with Crippen molar-refractivity contribution in [3.05, 3.63) is 103 Å². The van der Waals surface area contributed by atoms with Crippen molar-refractivity contribution in [2.45, 2.75) is 19.4 Å². The van der Waals surface area contributed by atoms with Crippen molar-refractivity contribution in [3.63, 3.8) is 0 Å². The van der Waals surface area contributed by atoms with Gasteiger partial charge in [0.1, 0.15) is 11.4 Å². The van der Waals surface area contributed by atoms with Crippen LogP contribution in [0.4, 0.5) is 20.6 Å². The molecule has 0 spiro atoms. The van der Waals surface area contributed by atoms with Gasteiger partial charge in [-0.25, -0.2) is 9.18 Å². The van der Waals surface area contributed by atoms with Crippen LogP contribution in [0.1, 0.15) is 24.2 Å². The van der Waals surface area contributed by atoms with E-state index in [0.29, 0.717) is 23.5 Å². The predicted octanol–water partition coefficient (Wildman–Crippen LogP) is 6.05. The standard InChI is InChI=1S/C21H19N3O3.C6H5F/c1-21(2)13-24(20(26)27-21)16-10-8-15(9-11-16)19(25)23-17-7-3-5-14-6-4-12-22-18(14)17;7-6-4-2-1-3-5-6/h3-12H,13H2,1-2H3,(H,23,25);1-5H. The first-order valence-electron chi connectivity index (χ1n) is 10.8. The van der Waals surface area contributed by atoms with Crippen molar-refractivity contribution in [2.24, 2.45) is 0 Å². The lowest BCUT2D eigenvalue weighted by atomic mass is 10.1. The highest BCUT2D eigenvalue weighted by Gasteiger charge is 2.38. The maximum atomic E-state index is 12.6. The summed E-state index contributed by atoms with van der Waals surface area (Å²) in [5, 5.41) is 3.86. The first-order chi connectivity index (χ1) is 16.3. The molecule has 0 atom stereocenters. The number of nitrogens with zero attached hydrogens (tertiary/aromatic N) is 2. The monoisotopic (exact) mass is 457 g/mol. The number of cyclic esters (lactones) is 1. The van der Waals surface area contributed by atoms with Crippen molar-refractivity contribution < 1.29 is 18.7 Å². The molecule has 3 aromatic carbocycles. The summed E-state index contributed by atoms with van der Waals surface area (Å²) in [5.41, 5.74) is 2.08. The maximum absolute atomic E-state index is 12.6. The van der Waals surface area contributed by atoms with Crippen LogP contribution in [0.3, 0.4) is 0 Å². The van der Waals surface area contributed by atoms with Gasteiger partial charge in [-0.05, 0) is 62.4 Å². The average molecular weight is 458 g/mol. The molecule has 1 aliphatic rings. The minimum absolute atomic E-state index is 0.178. The van der Waals surface area contributed by atoms with Gasteiger partial charge in [0, 0.05) is 22.8 Å². The molecule has 0 unspecified atom stereocenters. The first kappa shape index (κ1) is 22.9. The number of rotatable bonds is 3. The maximum Gasteiger partial charge on any atom is 0.415 e. The number of fused-ring (bicyclic) bond motifs is 1. The molecule has 5 rings (SSSR count). The summed E-state index contributed by atoms with van der Waals surface area (Å²) in [5.74, 6) is -0.411. The van der Waals surface area contributed by atoms with Gasteiger partial charge in [0.2, 0.25) is 0 Å². The third kappa shape index (κ3) is 5.38. The molecule has 1 aromatic heterocycles. The number of pyridine rings is 1. The number of carbonyl (C=O) groups excluding carboxylic acids is 2. The number of halogens is 1. The summed E-state index contributed by atoms with van der Waals surface area (Å²) in [6.07, 6.45) is 1.32. The molecule has 0 saturated carbocycles. The summed E-state index contributed by atoms with van der Waals surface area (Å²) in [6.45, 7) is 4.20. The van der Waals surface area contributed by atoms with Gasteiger partial charge in [-0.15, -0.1) is 0 Å². The fraction of sp³-hybridized carbons (Fsp3) is 0.148. The van der Waals surface area contributed by atoms with Gasteiger partial charge in [-0.3, -0.25) is 14.7 Å². The van der Waals surface area contributed by atoms with Crippen LogP contribution in [0.25, 0.3) is 10.9 Å². The number of hydrogen-bond donors (Lipinski definition) is 1. The quantitative estimate of drug-likeness (QED) is 0.407. The highest BCUT2D eigenvalue weighted by Crippen LogP contribution is 2.28. The van der Waals surface area contributed by atoms with Crippen molar-refractivity contribution >= 4 is 34.3 Å².